The number of nitrogens with zero attached hydrogens (tertiary/aromatic N) is 6. The third-order valence-corrected chi connectivity index (χ3v) is 29.2. The molecule has 0 spiro atoms. The summed E-state index contributed by atoms with van der Waals surface area (Å²) < 4.78 is 18.1. The second-order valence-corrected chi connectivity index (χ2v) is 36.8. The summed E-state index contributed by atoms with van der Waals surface area (Å²) in [6, 6.07) is 159. The van der Waals surface area contributed by atoms with E-state index in [4.69, 9.17) is 28.8 Å². The molecule has 0 aliphatic heterocycles. The number of rotatable bonds is 8. The van der Waals surface area contributed by atoms with Crippen LogP contribution in [0, 0.1) is 0 Å². The summed E-state index contributed by atoms with van der Waals surface area (Å²) >= 11 is 1.87. The van der Waals surface area contributed by atoms with Crippen molar-refractivity contribution >= 4 is 216 Å². The average molecular weight is 1770 g/mol. The molecule has 0 saturated carbocycles. The SMILES string of the molecule is c1cc(-c2cccc3ccccc23)cc(-c2nc3c4ccccc4c4c5ccccc5oc4c3c3ccccc23)c1.c1ccc(-c2cc(-c3ccccc3)cc(-c3nc4c5ccccc5c5c6ccccc6oc5c4c4ccccc34)c2)cc1.c1ccc(-c2nc(-n3c4ccc(-c5nc6c7ccccc7c7c8ccccc8sc7c6c6ccccc56)cc4c4ccncc43)cc3ccccc23)cc1. The van der Waals surface area contributed by atoms with Gasteiger partial charge in [-0.15, -0.1) is 11.3 Å². The lowest BCUT2D eigenvalue weighted by atomic mass is 9.91. The summed E-state index contributed by atoms with van der Waals surface area (Å²) in [6.45, 7) is 0. The van der Waals surface area contributed by atoms with Gasteiger partial charge >= 0.3 is 0 Å². The van der Waals surface area contributed by atoms with Gasteiger partial charge in [0, 0.05) is 124 Å². The Morgan fingerprint density at radius 3 is 1.17 bits per heavy atom. The number of hydrogen-bond acceptors (Lipinski definition) is 8. The lowest BCUT2D eigenvalue weighted by Gasteiger charge is -2.15. The highest BCUT2D eigenvalue weighted by Gasteiger charge is 2.28. The van der Waals surface area contributed by atoms with E-state index < -0.39 is 0 Å². The van der Waals surface area contributed by atoms with Crippen molar-refractivity contribution < 1.29 is 8.83 Å². The van der Waals surface area contributed by atoms with Crippen molar-refractivity contribution in [3.8, 4) is 84.2 Å². The van der Waals surface area contributed by atoms with Gasteiger partial charge in [-0.2, -0.15) is 0 Å². The van der Waals surface area contributed by atoms with Crippen molar-refractivity contribution in [3.63, 3.8) is 0 Å². The van der Waals surface area contributed by atoms with Crippen LogP contribution in [0.1, 0.15) is 0 Å². The highest BCUT2D eigenvalue weighted by atomic mass is 32.1. The minimum absolute atomic E-state index is 0.862. The molecule has 0 aliphatic carbocycles. The predicted molar refractivity (Wildman–Crippen MR) is 581 cm³/mol. The van der Waals surface area contributed by atoms with Crippen LogP contribution >= 0.6 is 11.3 Å². The molecule has 0 bridgehead atoms. The van der Waals surface area contributed by atoms with Gasteiger partial charge in [0.25, 0.3) is 0 Å². The second kappa shape index (κ2) is 31.8. The van der Waals surface area contributed by atoms with Gasteiger partial charge in [-0.05, 0) is 149 Å². The number of thiophene rings is 1. The molecule has 640 valence electrons. The highest BCUT2D eigenvalue weighted by Crippen LogP contribution is 2.52. The summed E-state index contributed by atoms with van der Waals surface area (Å²) in [5, 5.41) is 31.5. The molecule has 0 amide bonds. The predicted octanol–water partition coefficient (Wildman–Crippen LogP) is 35.7. The normalized spacial score (nSPS) is 11.9. The second-order valence-electron chi connectivity index (χ2n) is 35.7. The molecule has 21 aromatic carbocycles. The summed E-state index contributed by atoms with van der Waals surface area (Å²) in [4.78, 5) is 26.6. The smallest absolute Gasteiger partial charge is 0.146 e. The molecule has 0 fully saturated rings. The maximum atomic E-state index is 6.64. The zero-order valence-corrected chi connectivity index (χ0v) is 75.1. The molecule has 0 N–H and O–H groups in total. The van der Waals surface area contributed by atoms with Crippen molar-refractivity contribution in [2.75, 3.05) is 0 Å². The largest absolute Gasteiger partial charge is 0.455 e. The first-order valence-corrected chi connectivity index (χ1v) is 47.6. The molecule has 8 nitrogen and oxygen atoms in total. The molecule has 30 rings (SSSR count). The van der Waals surface area contributed by atoms with Crippen LogP contribution in [-0.4, -0.2) is 29.5 Å². The van der Waals surface area contributed by atoms with Gasteiger partial charge in [0.2, 0.25) is 0 Å². The molecule has 9 heteroatoms. The molecule has 138 heavy (non-hydrogen) atoms. The van der Waals surface area contributed by atoms with Gasteiger partial charge in [0.15, 0.2) is 0 Å². The molecular weight excluding hydrogens is 1700 g/mol. The van der Waals surface area contributed by atoms with Gasteiger partial charge < -0.3 is 8.83 Å². The van der Waals surface area contributed by atoms with Gasteiger partial charge in [-0.1, -0.05) is 382 Å². The zero-order chi connectivity index (χ0) is 90.6. The first-order valence-electron chi connectivity index (χ1n) is 46.8. The van der Waals surface area contributed by atoms with Crippen LogP contribution in [0.2, 0.25) is 0 Å². The summed E-state index contributed by atoms with van der Waals surface area (Å²) in [6.07, 6.45) is 3.84. The fraction of sp³-hybridized carbons (Fsp3) is 0. The minimum atomic E-state index is 0.862. The van der Waals surface area contributed by atoms with E-state index in [9.17, 15) is 0 Å². The molecule has 9 heterocycles. The fourth-order valence-electron chi connectivity index (χ4n) is 22.0. The molecule has 0 saturated heterocycles. The van der Waals surface area contributed by atoms with Crippen molar-refractivity contribution in [1.29, 1.82) is 0 Å². The van der Waals surface area contributed by atoms with Crippen LogP contribution in [-0.2, 0) is 0 Å². The van der Waals surface area contributed by atoms with Crippen LogP contribution in [0.4, 0.5) is 0 Å². The van der Waals surface area contributed by atoms with E-state index in [0.29, 0.717) is 0 Å². The van der Waals surface area contributed by atoms with E-state index in [1.807, 2.05) is 41.9 Å². The number of benzene rings is 21. The van der Waals surface area contributed by atoms with Crippen LogP contribution in [0.25, 0.3) is 289 Å². The number of furan rings is 2. The van der Waals surface area contributed by atoms with E-state index in [1.54, 1.807) is 0 Å². The molecule has 30 aromatic rings. The first-order chi connectivity index (χ1) is 68.5. The van der Waals surface area contributed by atoms with Crippen molar-refractivity contribution in [1.82, 2.24) is 29.5 Å². The molecule has 0 unspecified atom stereocenters. The maximum Gasteiger partial charge on any atom is 0.146 e. The number of para-hydroxylation sites is 2. The van der Waals surface area contributed by atoms with E-state index in [2.05, 4.69) is 440 Å². The fourth-order valence-corrected chi connectivity index (χ4v) is 23.2. The Morgan fingerprint density at radius 2 is 0.601 bits per heavy atom. The van der Waals surface area contributed by atoms with Crippen LogP contribution in [0.15, 0.2) is 470 Å². The molecule has 0 atom stereocenters. The Kier molecular flexibility index (Phi) is 18.1. The van der Waals surface area contributed by atoms with Gasteiger partial charge in [0.05, 0.1) is 67.3 Å². The summed E-state index contributed by atoms with van der Waals surface area (Å²) in [7, 11) is 0. The third kappa shape index (κ3) is 12.5. The Balaban J connectivity index is 0.000000103. The van der Waals surface area contributed by atoms with E-state index >= 15 is 0 Å². The monoisotopic (exact) mass is 1770 g/mol. The third-order valence-electron chi connectivity index (χ3n) is 28.1. The number of pyridine rings is 5. The lowest BCUT2D eigenvalue weighted by molar-refractivity contribution is 0.672. The number of aromatic nitrogens is 6. The Bertz CT molecular complexity index is 10300. The lowest BCUT2D eigenvalue weighted by Crippen LogP contribution is -2.00. The standard InChI is InChI=1S/C49H28N4S.C41H25NO.C39H23NO/c1-2-12-29(13-3-1)46-32-15-5-4-14-30(32)27-43(51-46)53-40-23-22-31(26-39(40)33-24-25-50-28-41(33)53)47-36-18-8-7-17-35(36)45-48(52-47)37-19-9-6-16-34(37)44-38-20-10-11-21-42(38)54-49(44)45;1-3-13-26(14-4-1)28-23-29(27-15-5-2-6-16-27)25-30(24-28)39-33-19-9-8-18-32(33)38-40(42-39)34-20-10-7-17-31(34)37-35-21-11-12-22-36(35)43-41(37)38;1-2-15-27-24(11-1)12-10-21-28(27)25-13-9-14-26(23-25)37-31-18-5-4-17-30(31)36-38(40-37)32-19-6-3-16-29(32)35-33-20-7-8-22-34(33)41-39(35)36/h1-28H;1-25H;1-23H. The first kappa shape index (κ1) is 78.5. The Morgan fingerprint density at radius 1 is 0.210 bits per heavy atom. The van der Waals surface area contributed by atoms with Gasteiger partial charge in [-0.25, -0.2) is 19.9 Å². The molecule has 0 aliphatic rings. The highest BCUT2D eigenvalue weighted by molar-refractivity contribution is 7.27. The van der Waals surface area contributed by atoms with Gasteiger partial charge in [0.1, 0.15) is 28.1 Å². The number of fused-ring (bicyclic) bond motifs is 35. The van der Waals surface area contributed by atoms with Crippen molar-refractivity contribution in [3.05, 3.63) is 461 Å². The van der Waals surface area contributed by atoms with Crippen molar-refractivity contribution in [2.24, 2.45) is 0 Å². The van der Waals surface area contributed by atoms with Crippen LogP contribution in [0.5, 0.6) is 0 Å². The number of hydrogen-bond donors (Lipinski definition) is 0. The van der Waals surface area contributed by atoms with E-state index in [0.717, 1.165) is 203 Å². The average Bonchev–Trinajstić information content (AvgIpc) is 1.54. The minimum Gasteiger partial charge on any atom is -0.455 e. The molecular formula is C129H76N6O2S. The van der Waals surface area contributed by atoms with E-state index in [1.165, 1.54) is 85.9 Å². The van der Waals surface area contributed by atoms with Crippen LogP contribution in [0.3, 0.4) is 0 Å². The van der Waals surface area contributed by atoms with Crippen LogP contribution < -0.4 is 0 Å². The molecule has 0 radical (unpaired) electrons. The quantitative estimate of drug-likeness (QED) is 0.140. The van der Waals surface area contributed by atoms with Gasteiger partial charge in [-0.3, -0.25) is 9.55 Å². The summed E-state index contributed by atoms with van der Waals surface area (Å²) in [5.74, 6) is 0.862. The Hall–Kier alpha value is -18.2. The van der Waals surface area contributed by atoms with E-state index in [-0.39, 0.29) is 0 Å². The topological polar surface area (TPSA) is 95.7 Å². The maximum absolute atomic E-state index is 6.64. The summed E-state index contributed by atoms with van der Waals surface area (Å²) in [5.41, 5.74) is 24.0. The molecule has 9 aromatic heterocycles. The van der Waals surface area contributed by atoms with Crippen molar-refractivity contribution in [2.45, 2.75) is 0 Å². The zero-order valence-electron chi connectivity index (χ0n) is 74.3. The Labute approximate surface area is 794 Å².